The summed E-state index contributed by atoms with van der Waals surface area (Å²) in [6.45, 7) is 5.62. The number of nitrogens with zero attached hydrogens (tertiary/aromatic N) is 1. The van der Waals surface area contributed by atoms with Gasteiger partial charge in [-0.3, -0.25) is 0 Å². The number of thiocarbonyl (C=S) groups is 1. The van der Waals surface area contributed by atoms with E-state index in [1.807, 2.05) is 43.3 Å². The summed E-state index contributed by atoms with van der Waals surface area (Å²) in [5.74, 6) is -0.996. The Morgan fingerprint density at radius 2 is 1.62 bits per heavy atom. The van der Waals surface area contributed by atoms with E-state index in [4.69, 9.17) is 21.7 Å². The van der Waals surface area contributed by atoms with Crippen LogP contribution in [0.1, 0.15) is 39.4 Å². The zero-order valence-electron chi connectivity index (χ0n) is 17.1. The smallest absolute Gasteiger partial charge is 0.348 e. The molecule has 0 amide bonds. The summed E-state index contributed by atoms with van der Waals surface area (Å²) in [6, 6.07) is 7.73. The second-order valence-corrected chi connectivity index (χ2v) is 7.65. The van der Waals surface area contributed by atoms with Gasteiger partial charge in [-0.05, 0) is 62.8 Å². The molecular formula is C20H25N3O4S2. The Labute approximate surface area is 180 Å². The van der Waals surface area contributed by atoms with Crippen molar-refractivity contribution in [1.82, 2.24) is 0 Å². The average Bonchev–Trinajstić information content (AvgIpc) is 2.98. The maximum Gasteiger partial charge on any atom is 0.348 e. The van der Waals surface area contributed by atoms with E-state index in [0.717, 1.165) is 22.7 Å². The average molecular weight is 436 g/mol. The summed E-state index contributed by atoms with van der Waals surface area (Å²) < 4.78 is 10.2. The number of nitrogens with one attached hydrogen (secondary N) is 2. The molecule has 0 spiro atoms. The normalized spacial score (nSPS) is 10.2. The van der Waals surface area contributed by atoms with Crippen LogP contribution in [0.3, 0.4) is 0 Å². The number of carbonyl (C=O) groups is 2. The Balaban J connectivity index is 2.25. The molecule has 2 rings (SSSR count). The largest absolute Gasteiger partial charge is 0.462 e. The van der Waals surface area contributed by atoms with Crippen LogP contribution in [0.25, 0.3) is 0 Å². The fraction of sp³-hybridized carbons (Fsp3) is 0.350. The van der Waals surface area contributed by atoms with Gasteiger partial charge in [0.1, 0.15) is 9.88 Å². The van der Waals surface area contributed by atoms with E-state index in [9.17, 15) is 9.59 Å². The van der Waals surface area contributed by atoms with E-state index < -0.39 is 11.9 Å². The first-order valence-corrected chi connectivity index (χ1v) is 10.3. The van der Waals surface area contributed by atoms with Crippen molar-refractivity contribution < 1.29 is 19.1 Å². The number of hydrogen-bond acceptors (Lipinski definition) is 7. The van der Waals surface area contributed by atoms with Crippen molar-refractivity contribution in [2.45, 2.75) is 20.8 Å². The van der Waals surface area contributed by atoms with Gasteiger partial charge >= 0.3 is 11.9 Å². The number of benzene rings is 1. The minimum absolute atomic E-state index is 0.225. The van der Waals surface area contributed by atoms with E-state index in [1.165, 1.54) is 0 Å². The van der Waals surface area contributed by atoms with E-state index in [1.54, 1.807) is 20.8 Å². The molecule has 0 unspecified atom stereocenters. The third kappa shape index (κ3) is 5.68. The standard InChI is InChI=1S/C20H25N3O4S2/c1-6-26-18(24)15-12(3)16(19(25)27-7-2)29-17(15)22-20(28)21-13-8-10-14(11-9-13)23(4)5/h8-11H,6-7H2,1-5H3,(H2,21,22,28). The Morgan fingerprint density at radius 3 is 2.17 bits per heavy atom. The fourth-order valence-corrected chi connectivity index (χ4v) is 3.93. The first-order valence-electron chi connectivity index (χ1n) is 9.11. The number of thiophene rings is 1. The highest BCUT2D eigenvalue weighted by Crippen LogP contribution is 2.34. The van der Waals surface area contributed by atoms with Crippen LogP contribution in [-0.4, -0.2) is 44.4 Å². The molecule has 1 heterocycles. The van der Waals surface area contributed by atoms with Crippen LogP contribution in [0.2, 0.25) is 0 Å². The topological polar surface area (TPSA) is 79.9 Å². The Bertz CT molecular complexity index is 892. The third-order valence-electron chi connectivity index (χ3n) is 3.96. The van der Waals surface area contributed by atoms with Gasteiger partial charge < -0.3 is 25.0 Å². The maximum atomic E-state index is 12.4. The second kappa shape index (κ2) is 10.2. The molecular weight excluding hydrogens is 410 g/mol. The Hall–Kier alpha value is -2.65. The molecule has 1 aromatic heterocycles. The molecule has 0 aliphatic rings. The molecule has 2 N–H and O–H groups in total. The number of hydrogen-bond donors (Lipinski definition) is 2. The third-order valence-corrected chi connectivity index (χ3v) is 5.35. The predicted molar refractivity (Wildman–Crippen MR) is 122 cm³/mol. The molecule has 0 bridgehead atoms. The monoisotopic (exact) mass is 435 g/mol. The minimum Gasteiger partial charge on any atom is -0.462 e. The molecule has 9 heteroatoms. The van der Waals surface area contributed by atoms with Gasteiger partial charge in [0.05, 0.1) is 18.8 Å². The van der Waals surface area contributed by atoms with Gasteiger partial charge in [-0.15, -0.1) is 11.3 Å². The fourth-order valence-electron chi connectivity index (χ4n) is 2.55. The molecule has 0 saturated carbocycles. The lowest BCUT2D eigenvalue weighted by Crippen LogP contribution is -2.20. The molecule has 0 aliphatic carbocycles. The van der Waals surface area contributed by atoms with Gasteiger partial charge in [-0.1, -0.05) is 0 Å². The van der Waals surface area contributed by atoms with Crippen LogP contribution < -0.4 is 15.5 Å². The highest BCUT2D eigenvalue weighted by atomic mass is 32.1. The summed E-state index contributed by atoms with van der Waals surface area (Å²) in [7, 11) is 3.93. The summed E-state index contributed by atoms with van der Waals surface area (Å²) in [5, 5.41) is 6.82. The SMILES string of the molecule is CCOC(=O)c1sc(NC(=S)Nc2ccc(N(C)C)cc2)c(C(=O)OCC)c1C. The van der Waals surface area contributed by atoms with Gasteiger partial charge in [-0.25, -0.2) is 9.59 Å². The van der Waals surface area contributed by atoms with Gasteiger partial charge in [0.25, 0.3) is 0 Å². The number of esters is 2. The lowest BCUT2D eigenvalue weighted by atomic mass is 10.1. The van der Waals surface area contributed by atoms with Crippen LogP contribution in [0.4, 0.5) is 16.4 Å². The minimum atomic E-state index is -0.516. The Morgan fingerprint density at radius 1 is 1.03 bits per heavy atom. The molecule has 29 heavy (non-hydrogen) atoms. The van der Waals surface area contributed by atoms with E-state index >= 15 is 0 Å². The molecule has 156 valence electrons. The maximum absolute atomic E-state index is 12.4. The molecule has 0 saturated heterocycles. The quantitative estimate of drug-likeness (QED) is 0.493. The summed E-state index contributed by atoms with van der Waals surface area (Å²) >= 11 is 6.50. The van der Waals surface area contributed by atoms with Gasteiger partial charge in [-0.2, -0.15) is 0 Å². The molecule has 1 aromatic carbocycles. The van der Waals surface area contributed by atoms with Crippen molar-refractivity contribution in [3.05, 3.63) is 40.3 Å². The molecule has 2 aromatic rings. The number of ether oxygens (including phenoxy) is 2. The van der Waals surface area contributed by atoms with Crippen molar-refractivity contribution in [2.24, 2.45) is 0 Å². The van der Waals surface area contributed by atoms with Crippen LogP contribution in [0, 0.1) is 6.92 Å². The zero-order valence-corrected chi connectivity index (χ0v) is 18.8. The van der Waals surface area contributed by atoms with E-state index in [2.05, 4.69) is 10.6 Å². The Kier molecular flexibility index (Phi) is 7.98. The van der Waals surface area contributed by atoms with Crippen LogP contribution >= 0.6 is 23.6 Å². The number of anilines is 3. The highest BCUT2D eigenvalue weighted by molar-refractivity contribution is 7.80. The van der Waals surface area contributed by atoms with Crippen LogP contribution in [0.5, 0.6) is 0 Å². The van der Waals surface area contributed by atoms with Gasteiger partial charge in [0.15, 0.2) is 5.11 Å². The van der Waals surface area contributed by atoms with Crippen molar-refractivity contribution in [1.29, 1.82) is 0 Å². The van der Waals surface area contributed by atoms with Crippen molar-refractivity contribution in [2.75, 3.05) is 42.8 Å². The molecule has 7 nitrogen and oxygen atoms in total. The first-order chi connectivity index (χ1) is 13.8. The van der Waals surface area contributed by atoms with Crippen molar-refractivity contribution >= 4 is 57.0 Å². The first kappa shape index (κ1) is 22.6. The van der Waals surface area contributed by atoms with E-state index in [0.29, 0.717) is 20.6 Å². The predicted octanol–water partition coefficient (Wildman–Crippen LogP) is 4.28. The lowest BCUT2D eigenvalue weighted by Gasteiger charge is -2.14. The zero-order chi connectivity index (χ0) is 21.6. The summed E-state index contributed by atoms with van der Waals surface area (Å²) in [4.78, 5) is 27.0. The lowest BCUT2D eigenvalue weighted by molar-refractivity contribution is 0.0527. The molecule has 0 atom stereocenters. The van der Waals surface area contributed by atoms with E-state index in [-0.39, 0.29) is 18.8 Å². The number of rotatable bonds is 7. The van der Waals surface area contributed by atoms with Crippen molar-refractivity contribution in [3.63, 3.8) is 0 Å². The van der Waals surface area contributed by atoms with Crippen molar-refractivity contribution in [3.8, 4) is 0 Å². The molecule has 0 aliphatic heterocycles. The van der Waals surface area contributed by atoms with Crippen LogP contribution in [-0.2, 0) is 9.47 Å². The van der Waals surface area contributed by atoms with Crippen LogP contribution in [0.15, 0.2) is 24.3 Å². The summed E-state index contributed by atoms with van der Waals surface area (Å²) in [5.41, 5.74) is 2.65. The number of carbonyl (C=O) groups excluding carboxylic acids is 2. The molecule has 0 fully saturated rings. The molecule has 0 radical (unpaired) electrons. The highest BCUT2D eigenvalue weighted by Gasteiger charge is 2.26. The van der Waals surface area contributed by atoms with Gasteiger partial charge in [0, 0.05) is 25.5 Å². The summed E-state index contributed by atoms with van der Waals surface area (Å²) in [6.07, 6.45) is 0. The second-order valence-electron chi connectivity index (χ2n) is 6.22. The van der Waals surface area contributed by atoms with Gasteiger partial charge in [0.2, 0.25) is 0 Å².